The molecule has 0 spiro atoms. The minimum Gasteiger partial charge on any atom is -0.370 e. The fraction of sp³-hybridized carbons (Fsp3) is 0.400. The van der Waals surface area contributed by atoms with E-state index in [1.54, 1.807) is 10.6 Å². The maximum atomic E-state index is 12.5. The molecule has 0 radical (unpaired) electrons. The highest BCUT2D eigenvalue weighted by molar-refractivity contribution is 7.97. The van der Waals surface area contributed by atoms with Crippen molar-refractivity contribution in [3.63, 3.8) is 0 Å². The summed E-state index contributed by atoms with van der Waals surface area (Å²) >= 11 is 1.16. The van der Waals surface area contributed by atoms with Crippen molar-refractivity contribution in [3.8, 4) is 0 Å². The molecule has 1 fully saturated rings. The van der Waals surface area contributed by atoms with Gasteiger partial charge in [-0.1, -0.05) is 12.8 Å². The third-order valence-electron chi connectivity index (χ3n) is 4.02. The zero-order chi connectivity index (χ0) is 15.5. The lowest BCUT2D eigenvalue weighted by Gasteiger charge is -2.24. The Morgan fingerprint density at radius 3 is 2.68 bits per heavy atom. The minimum absolute atomic E-state index is 0.110. The standard InChI is InChI=1S/C15H19FN4OS/c1-11(21-16)15-18-9-14-13(8-12(22-17)10-20(14)15)19-6-4-2-3-5-7-19/h8-10H,1-7,17H2. The fourth-order valence-electron chi connectivity index (χ4n) is 2.92. The highest BCUT2D eigenvalue weighted by Gasteiger charge is 2.18. The van der Waals surface area contributed by atoms with E-state index in [0.717, 1.165) is 41.1 Å². The topological polar surface area (TPSA) is 55.8 Å². The molecule has 0 unspecified atom stereocenters. The number of fused-ring (bicyclic) bond motifs is 1. The maximum Gasteiger partial charge on any atom is 0.207 e. The van der Waals surface area contributed by atoms with Crippen LogP contribution in [0, 0.1) is 0 Å². The fourth-order valence-corrected chi connectivity index (χ4v) is 3.27. The molecule has 2 aromatic heterocycles. The van der Waals surface area contributed by atoms with Crippen LogP contribution in [0.1, 0.15) is 31.5 Å². The first-order valence-corrected chi connectivity index (χ1v) is 8.23. The Morgan fingerprint density at radius 1 is 1.32 bits per heavy atom. The number of halogens is 1. The Balaban J connectivity index is 2.12. The van der Waals surface area contributed by atoms with Crippen LogP contribution in [0.15, 0.2) is 29.9 Å². The predicted octanol–water partition coefficient (Wildman–Crippen LogP) is 3.55. The van der Waals surface area contributed by atoms with Crippen molar-refractivity contribution in [2.24, 2.45) is 5.14 Å². The molecule has 0 aromatic carbocycles. The molecule has 22 heavy (non-hydrogen) atoms. The van der Waals surface area contributed by atoms with Crippen molar-refractivity contribution < 1.29 is 9.47 Å². The molecule has 118 valence electrons. The summed E-state index contributed by atoms with van der Waals surface area (Å²) < 4.78 is 14.3. The van der Waals surface area contributed by atoms with E-state index in [2.05, 4.69) is 27.5 Å². The molecule has 0 atom stereocenters. The number of pyridine rings is 1. The molecule has 1 aliphatic rings. The molecule has 0 saturated carbocycles. The van der Waals surface area contributed by atoms with Crippen LogP contribution in [0.25, 0.3) is 11.3 Å². The van der Waals surface area contributed by atoms with E-state index in [1.165, 1.54) is 25.7 Å². The van der Waals surface area contributed by atoms with Gasteiger partial charge in [-0.15, -0.1) is 0 Å². The zero-order valence-electron chi connectivity index (χ0n) is 12.3. The van der Waals surface area contributed by atoms with Gasteiger partial charge in [0.05, 0.1) is 17.4 Å². The normalized spacial score (nSPS) is 15.8. The van der Waals surface area contributed by atoms with E-state index in [1.807, 2.05) is 6.20 Å². The second kappa shape index (κ2) is 6.58. The Bertz CT molecular complexity index is 679. The predicted molar refractivity (Wildman–Crippen MR) is 87.1 cm³/mol. The summed E-state index contributed by atoms with van der Waals surface area (Å²) in [6, 6.07) is 2.07. The summed E-state index contributed by atoms with van der Waals surface area (Å²) in [5.41, 5.74) is 1.98. The Hall–Kier alpha value is -1.73. The summed E-state index contributed by atoms with van der Waals surface area (Å²) in [5, 5.41) is 5.73. The van der Waals surface area contributed by atoms with Gasteiger partial charge in [-0.25, -0.2) is 4.98 Å². The lowest BCUT2D eigenvalue weighted by molar-refractivity contribution is -0.0426. The van der Waals surface area contributed by atoms with Crippen molar-refractivity contribution in [1.29, 1.82) is 0 Å². The molecular weight excluding hydrogens is 303 g/mol. The van der Waals surface area contributed by atoms with Crippen LogP contribution in [-0.2, 0) is 4.94 Å². The first-order valence-electron chi connectivity index (χ1n) is 7.35. The second-order valence-electron chi connectivity index (χ2n) is 5.42. The van der Waals surface area contributed by atoms with E-state index < -0.39 is 0 Å². The maximum absolute atomic E-state index is 12.5. The average Bonchev–Trinajstić information content (AvgIpc) is 2.79. The number of hydrogen-bond acceptors (Lipinski definition) is 5. The Labute approximate surface area is 133 Å². The van der Waals surface area contributed by atoms with Crippen molar-refractivity contribution in [3.05, 3.63) is 30.9 Å². The van der Waals surface area contributed by atoms with Gasteiger partial charge < -0.3 is 4.90 Å². The molecule has 2 aromatic rings. The number of aromatic nitrogens is 2. The van der Waals surface area contributed by atoms with Crippen LogP contribution in [-0.4, -0.2) is 22.5 Å². The van der Waals surface area contributed by atoms with Crippen LogP contribution in [0.2, 0.25) is 0 Å². The van der Waals surface area contributed by atoms with Gasteiger partial charge in [0, 0.05) is 28.7 Å². The van der Waals surface area contributed by atoms with Crippen molar-refractivity contribution >= 4 is 28.9 Å². The van der Waals surface area contributed by atoms with E-state index in [0.29, 0.717) is 5.82 Å². The number of hydrogen-bond donors (Lipinski definition) is 1. The van der Waals surface area contributed by atoms with Gasteiger partial charge in [0.2, 0.25) is 5.76 Å². The van der Waals surface area contributed by atoms with Crippen LogP contribution in [0.3, 0.4) is 0 Å². The Morgan fingerprint density at radius 2 is 2.05 bits per heavy atom. The summed E-state index contributed by atoms with van der Waals surface area (Å²) in [6.45, 7) is 5.56. The lowest BCUT2D eigenvalue weighted by atomic mass is 10.2. The van der Waals surface area contributed by atoms with Gasteiger partial charge >= 0.3 is 0 Å². The highest BCUT2D eigenvalue weighted by atomic mass is 32.2. The first kappa shape index (κ1) is 15.2. The molecule has 0 amide bonds. The molecule has 2 N–H and O–H groups in total. The quantitative estimate of drug-likeness (QED) is 0.689. The number of nitrogens with two attached hydrogens (primary N) is 1. The van der Waals surface area contributed by atoms with Gasteiger partial charge in [-0.05, 0) is 37.4 Å². The average molecular weight is 322 g/mol. The third-order valence-corrected chi connectivity index (χ3v) is 4.52. The van der Waals surface area contributed by atoms with Gasteiger partial charge in [-0.2, -0.15) is 0 Å². The molecule has 3 rings (SSSR count). The molecule has 7 heteroatoms. The molecule has 1 saturated heterocycles. The molecule has 0 bridgehead atoms. The van der Waals surface area contributed by atoms with E-state index >= 15 is 0 Å². The molecule has 1 aliphatic heterocycles. The molecular formula is C15H19FN4OS. The lowest BCUT2D eigenvalue weighted by Crippen LogP contribution is -2.24. The summed E-state index contributed by atoms with van der Waals surface area (Å²) in [6.07, 6.45) is 8.42. The van der Waals surface area contributed by atoms with Crippen molar-refractivity contribution in [2.75, 3.05) is 18.0 Å². The van der Waals surface area contributed by atoms with E-state index in [9.17, 15) is 4.53 Å². The minimum atomic E-state index is -0.110. The van der Waals surface area contributed by atoms with Crippen LogP contribution in [0.5, 0.6) is 0 Å². The summed E-state index contributed by atoms with van der Waals surface area (Å²) in [4.78, 5) is 11.2. The second-order valence-corrected chi connectivity index (χ2v) is 6.12. The number of anilines is 1. The third kappa shape index (κ3) is 2.78. The van der Waals surface area contributed by atoms with Crippen LogP contribution < -0.4 is 10.0 Å². The van der Waals surface area contributed by atoms with E-state index in [-0.39, 0.29) is 5.76 Å². The van der Waals surface area contributed by atoms with Gasteiger partial charge in [-0.3, -0.25) is 14.5 Å². The number of nitrogens with zero attached hydrogens (tertiary/aromatic N) is 3. The SMILES string of the molecule is C=C(OF)c1ncc2c(N3CCCCCC3)cc(SN)cn12. The first-order chi connectivity index (χ1) is 10.7. The van der Waals surface area contributed by atoms with Gasteiger partial charge in [0.15, 0.2) is 5.82 Å². The summed E-state index contributed by atoms with van der Waals surface area (Å²) in [5.74, 6) is 0.241. The smallest absolute Gasteiger partial charge is 0.207 e. The largest absolute Gasteiger partial charge is 0.370 e. The zero-order valence-corrected chi connectivity index (χ0v) is 13.1. The van der Waals surface area contributed by atoms with Crippen LogP contribution >= 0.6 is 11.9 Å². The van der Waals surface area contributed by atoms with Crippen LogP contribution in [0.4, 0.5) is 10.2 Å². The highest BCUT2D eigenvalue weighted by Crippen LogP contribution is 2.30. The van der Waals surface area contributed by atoms with Crippen molar-refractivity contribution in [2.45, 2.75) is 30.6 Å². The molecule has 0 aliphatic carbocycles. The molecule has 5 nitrogen and oxygen atoms in total. The van der Waals surface area contributed by atoms with Gasteiger partial charge in [0.25, 0.3) is 0 Å². The van der Waals surface area contributed by atoms with E-state index in [4.69, 9.17) is 5.14 Å². The van der Waals surface area contributed by atoms with Gasteiger partial charge in [0.1, 0.15) is 0 Å². The number of imidazole rings is 1. The Kier molecular flexibility index (Phi) is 4.54. The molecule has 3 heterocycles. The monoisotopic (exact) mass is 322 g/mol. The summed E-state index contributed by atoms with van der Waals surface area (Å²) in [7, 11) is 0. The van der Waals surface area contributed by atoms with Crippen molar-refractivity contribution in [1.82, 2.24) is 9.38 Å². The number of rotatable bonds is 4.